The zero-order valence-corrected chi connectivity index (χ0v) is 22.1. The van der Waals surface area contributed by atoms with Crippen molar-refractivity contribution >= 4 is 45.7 Å². The highest BCUT2D eigenvalue weighted by molar-refractivity contribution is 7.80. The predicted octanol–water partition coefficient (Wildman–Crippen LogP) is 4.60. The number of methoxy groups -OCH3 is 2. The Labute approximate surface area is 229 Å². The molecule has 4 rings (SSSR count). The summed E-state index contributed by atoms with van der Waals surface area (Å²) in [5.41, 5.74) is 1.86. The molecule has 11 heteroatoms. The number of rotatable bonds is 8. The molecule has 0 aliphatic carbocycles. The van der Waals surface area contributed by atoms with Crippen molar-refractivity contribution in [2.75, 3.05) is 26.6 Å². The van der Waals surface area contributed by atoms with Gasteiger partial charge in [-0.1, -0.05) is 12.1 Å². The Morgan fingerprint density at radius 2 is 1.79 bits per heavy atom. The van der Waals surface area contributed by atoms with Crippen molar-refractivity contribution < 1.29 is 28.2 Å². The second-order valence-corrected chi connectivity index (χ2v) is 8.64. The number of halogens is 1. The van der Waals surface area contributed by atoms with E-state index in [0.29, 0.717) is 33.8 Å². The van der Waals surface area contributed by atoms with E-state index in [9.17, 15) is 14.0 Å². The highest BCUT2D eigenvalue weighted by Crippen LogP contribution is 2.34. The van der Waals surface area contributed by atoms with Crippen LogP contribution in [0.15, 0.2) is 66.9 Å². The van der Waals surface area contributed by atoms with Gasteiger partial charge in [-0.25, -0.2) is 4.39 Å². The van der Waals surface area contributed by atoms with E-state index in [4.69, 9.17) is 26.4 Å². The number of aromatic nitrogens is 1. The van der Waals surface area contributed by atoms with Crippen LogP contribution in [-0.2, 0) is 11.2 Å². The van der Waals surface area contributed by atoms with Crippen LogP contribution >= 0.6 is 12.2 Å². The van der Waals surface area contributed by atoms with Crippen LogP contribution in [0.4, 0.5) is 10.1 Å². The SMILES string of the molecule is CNC(=O)c1cc2c(Oc3ccc(NC(=S)NC(=O)Cc4cccc(OC)c4)cc3F)ccnc2cc1OC. The first kappa shape index (κ1) is 27.3. The molecule has 0 saturated heterocycles. The van der Waals surface area contributed by atoms with E-state index in [-0.39, 0.29) is 34.7 Å². The van der Waals surface area contributed by atoms with Gasteiger partial charge in [-0.2, -0.15) is 0 Å². The minimum Gasteiger partial charge on any atom is -0.497 e. The number of carbonyl (C=O) groups is 2. The molecule has 0 unspecified atom stereocenters. The number of fused-ring (bicyclic) bond motifs is 1. The molecule has 39 heavy (non-hydrogen) atoms. The monoisotopic (exact) mass is 548 g/mol. The van der Waals surface area contributed by atoms with Crippen LogP contribution in [0.5, 0.6) is 23.0 Å². The van der Waals surface area contributed by atoms with Gasteiger partial charge < -0.3 is 30.2 Å². The number of hydrogen-bond acceptors (Lipinski definition) is 7. The van der Waals surface area contributed by atoms with E-state index in [1.807, 2.05) is 0 Å². The molecule has 9 nitrogen and oxygen atoms in total. The van der Waals surface area contributed by atoms with Crippen molar-refractivity contribution in [1.29, 1.82) is 0 Å². The standard InChI is InChI=1S/C28H25FN4O5S/c1-30-27(35)20-14-19-22(15-25(20)37-3)31-10-9-23(19)38-24-8-7-17(13-21(24)29)32-28(39)33-26(34)12-16-5-4-6-18(11-16)36-2/h4-11,13-15H,12H2,1-3H3,(H,30,35)(H2,32,33,34,39). The summed E-state index contributed by atoms with van der Waals surface area (Å²) in [6.07, 6.45) is 1.60. The lowest BCUT2D eigenvalue weighted by atomic mass is 10.1. The first-order valence-electron chi connectivity index (χ1n) is 11.7. The fourth-order valence-electron chi connectivity index (χ4n) is 3.80. The molecule has 0 radical (unpaired) electrons. The highest BCUT2D eigenvalue weighted by Gasteiger charge is 2.17. The van der Waals surface area contributed by atoms with Gasteiger partial charge in [-0.3, -0.25) is 14.6 Å². The summed E-state index contributed by atoms with van der Waals surface area (Å²) in [5, 5.41) is 8.45. The number of nitrogens with zero attached hydrogens (tertiary/aromatic N) is 1. The maximum atomic E-state index is 15.0. The Morgan fingerprint density at radius 3 is 2.51 bits per heavy atom. The first-order valence-corrected chi connectivity index (χ1v) is 12.1. The van der Waals surface area contributed by atoms with Gasteiger partial charge in [0.15, 0.2) is 16.7 Å². The lowest BCUT2D eigenvalue weighted by Gasteiger charge is -2.14. The van der Waals surface area contributed by atoms with Crippen LogP contribution in [-0.4, -0.2) is 43.2 Å². The average molecular weight is 549 g/mol. The van der Waals surface area contributed by atoms with Crippen molar-refractivity contribution in [3.63, 3.8) is 0 Å². The maximum Gasteiger partial charge on any atom is 0.254 e. The Balaban J connectivity index is 1.46. The summed E-state index contributed by atoms with van der Waals surface area (Å²) in [6.45, 7) is 0. The summed E-state index contributed by atoms with van der Waals surface area (Å²) >= 11 is 5.20. The van der Waals surface area contributed by atoms with Crippen molar-refractivity contribution in [2.45, 2.75) is 6.42 Å². The molecule has 0 atom stereocenters. The third kappa shape index (κ3) is 6.57. The molecule has 0 saturated carbocycles. The maximum absolute atomic E-state index is 15.0. The van der Waals surface area contributed by atoms with Gasteiger partial charge >= 0.3 is 0 Å². The predicted molar refractivity (Wildman–Crippen MR) is 149 cm³/mol. The summed E-state index contributed by atoms with van der Waals surface area (Å²) in [5.74, 6) is -0.123. The van der Waals surface area contributed by atoms with Crippen molar-refractivity contribution in [3.8, 4) is 23.0 Å². The molecule has 0 aliphatic rings. The largest absolute Gasteiger partial charge is 0.497 e. The van der Waals surface area contributed by atoms with Crippen LogP contribution in [0.1, 0.15) is 15.9 Å². The molecule has 1 aromatic heterocycles. The molecule has 0 bridgehead atoms. The van der Waals surface area contributed by atoms with E-state index in [1.54, 1.807) is 55.6 Å². The third-order valence-corrected chi connectivity index (χ3v) is 5.86. The van der Waals surface area contributed by atoms with Gasteiger partial charge in [-0.05, 0) is 54.2 Å². The van der Waals surface area contributed by atoms with E-state index >= 15 is 0 Å². The topological polar surface area (TPSA) is 111 Å². The van der Waals surface area contributed by atoms with E-state index in [1.165, 1.54) is 32.5 Å². The van der Waals surface area contributed by atoms with Crippen LogP contribution < -0.4 is 30.2 Å². The minimum absolute atomic E-state index is 0.0202. The zero-order valence-electron chi connectivity index (χ0n) is 21.3. The summed E-state index contributed by atoms with van der Waals surface area (Å²) in [4.78, 5) is 29.0. The van der Waals surface area contributed by atoms with Gasteiger partial charge in [0, 0.05) is 36.5 Å². The fraction of sp³-hybridized carbons (Fsp3) is 0.143. The number of benzene rings is 3. The Bertz CT molecular complexity index is 1560. The number of nitrogens with one attached hydrogen (secondary N) is 3. The molecule has 0 spiro atoms. The average Bonchev–Trinajstić information content (AvgIpc) is 2.93. The normalized spacial score (nSPS) is 10.5. The summed E-state index contributed by atoms with van der Waals surface area (Å²) in [6, 6.07) is 16.1. The number of pyridine rings is 1. The van der Waals surface area contributed by atoms with Gasteiger partial charge in [0.05, 0.1) is 31.7 Å². The minimum atomic E-state index is -0.671. The second-order valence-electron chi connectivity index (χ2n) is 8.24. The molecule has 4 aromatic rings. The Morgan fingerprint density at radius 1 is 0.974 bits per heavy atom. The Kier molecular flexibility index (Phi) is 8.52. The summed E-state index contributed by atoms with van der Waals surface area (Å²) < 4.78 is 31.3. The van der Waals surface area contributed by atoms with Crippen molar-refractivity contribution in [2.24, 2.45) is 0 Å². The lowest BCUT2D eigenvalue weighted by Crippen LogP contribution is -2.35. The third-order valence-electron chi connectivity index (χ3n) is 5.66. The van der Waals surface area contributed by atoms with Gasteiger partial charge in [-0.15, -0.1) is 0 Å². The van der Waals surface area contributed by atoms with Gasteiger partial charge in [0.25, 0.3) is 5.91 Å². The van der Waals surface area contributed by atoms with Crippen molar-refractivity contribution in [1.82, 2.24) is 15.6 Å². The number of ether oxygens (including phenoxy) is 3. The Hall–Kier alpha value is -4.77. The molecule has 0 aliphatic heterocycles. The smallest absolute Gasteiger partial charge is 0.254 e. The van der Waals surface area contributed by atoms with Crippen LogP contribution in [0.3, 0.4) is 0 Å². The molecule has 3 N–H and O–H groups in total. The highest BCUT2D eigenvalue weighted by atomic mass is 32.1. The number of amides is 2. The van der Waals surface area contributed by atoms with Crippen LogP contribution in [0.25, 0.3) is 10.9 Å². The van der Waals surface area contributed by atoms with Crippen LogP contribution in [0, 0.1) is 5.82 Å². The summed E-state index contributed by atoms with van der Waals surface area (Å²) in [7, 11) is 4.51. The zero-order chi connectivity index (χ0) is 27.9. The van der Waals surface area contributed by atoms with Crippen LogP contribution in [0.2, 0.25) is 0 Å². The number of anilines is 1. The molecule has 2 amide bonds. The number of carbonyl (C=O) groups excluding carboxylic acids is 2. The van der Waals surface area contributed by atoms with E-state index in [0.717, 1.165) is 5.56 Å². The van der Waals surface area contributed by atoms with E-state index in [2.05, 4.69) is 20.9 Å². The number of thiocarbonyl (C=S) groups is 1. The molecule has 1 heterocycles. The molecular formula is C28H25FN4O5S. The van der Waals surface area contributed by atoms with Gasteiger partial charge in [0.2, 0.25) is 5.91 Å². The first-order chi connectivity index (χ1) is 18.8. The quantitative estimate of drug-likeness (QED) is 0.274. The molecule has 3 aromatic carbocycles. The lowest BCUT2D eigenvalue weighted by molar-refractivity contribution is -0.119. The van der Waals surface area contributed by atoms with Gasteiger partial charge in [0.1, 0.15) is 17.2 Å². The number of hydrogen-bond donors (Lipinski definition) is 3. The molecule has 200 valence electrons. The molecule has 0 fully saturated rings. The van der Waals surface area contributed by atoms with E-state index < -0.39 is 5.82 Å². The fourth-order valence-corrected chi connectivity index (χ4v) is 4.03. The van der Waals surface area contributed by atoms with Crippen molar-refractivity contribution in [3.05, 3.63) is 83.8 Å². The molecular weight excluding hydrogens is 523 g/mol. The second kappa shape index (κ2) is 12.2.